The molecule has 0 aliphatic rings. The summed E-state index contributed by atoms with van der Waals surface area (Å²) in [6.07, 6.45) is 0. The smallest absolute Gasteiger partial charge is 0.334 e. The highest BCUT2D eigenvalue weighted by molar-refractivity contribution is 5.46. The normalized spacial score (nSPS) is 11.0. The topological polar surface area (TPSA) is 84.1 Å². The Hall–Kier alpha value is -2.34. The first kappa shape index (κ1) is 15.1. The molecule has 0 radical (unpaired) electrons. The second kappa shape index (κ2) is 6.41. The van der Waals surface area contributed by atoms with Gasteiger partial charge in [0.1, 0.15) is 5.82 Å². The number of rotatable bonds is 5. The third-order valence-electron chi connectivity index (χ3n) is 3.54. The number of para-hydroxylation sites is 1. The zero-order valence-corrected chi connectivity index (χ0v) is 12.3. The largest absolute Gasteiger partial charge is 0.384 e. The highest BCUT2D eigenvalue weighted by atomic mass is 16.2. The van der Waals surface area contributed by atoms with Gasteiger partial charge in [-0.15, -0.1) is 0 Å². The van der Waals surface area contributed by atoms with Crippen LogP contribution >= 0.6 is 0 Å². The lowest BCUT2D eigenvalue weighted by atomic mass is 10.2. The lowest BCUT2D eigenvalue weighted by molar-refractivity contribution is 0.294. The Kier molecular flexibility index (Phi) is 4.59. The minimum absolute atomic E-state index is 0.196. The molecular formula is C15H20N4O2. The zero-order chi connectivity index (χ0) is 15.4. The molecule has 0 spiro atoms. The highest BCUT2D eigenvalue weighted by Gasteiger charge is 2.15. The molecule has 0 fully saturated rings. The highest BCUT2D eigenvalue weighted by Crippen LogP contribution is 2.13. The molecule has 6 nitrogen and oxygen atoms in total. The molecular weight excluding hydrogens is 268 g/mol. The molecule has 0 aliphatic heterocycles. The molecule has 2 aromatic rings. The van der Waals surface area contributed by atoms with Crippen LogP contribution in [0, 0.1) is 0 Å². The first-order valence-electron chi connectivity index (χ1n) is 6.99. The number of nitrogens with zero attached hydrogens (tertiary/aromatic N) is 2. The quantitative estimate of drug-likeness (QED) is 0.858. The summed E-state index contributed by atoms with van der Waals surface area (Å²) < 4.78 is 1.33. The number of aromatic nitrogens is 2. The van der Waals surface area contributed by atoms with E-state index in [-0.39, 0.29) is 5.82 Å². The Morgan fingerprint density at radius 1 is 1.14 bits per heavy atom. The molecule has 0 atom stereocenters. The lowest BCUT2D eigenvalue weighted by Crippen LogP contribution is -2.36. The van der Waals surface area contributed by atoms with Crippen LogP contribution in [-0.2, 0) is 6.54 Å². The van der Waals surface area contributed by atoms with E-state index in [0.29, 0.717) is 17.8 Å². The standard InChI is InChI=1S/C15H20N4O2/c1-3-18(4-2)10-12-13(16)19(15(21)17-14(12)20)11-8-6-5-7-9-11/h5-9H,3-4,10,16H2,1-2H3,(H,17,20,21). The van der Waals surface area contributed by atoms with Crippen LogP contribution in [0.1, 0.15) is 19.4 Å². The number of nitrogens with two attached hydrogens (primary N) is 1. The number of H-pyrrole nitrogens is 1. The Morgan fingerprint density at radius 3 is 2.33 bits per heavy atom. The molecule has 1 heterocycles. The van der Waals surface area contributed by atoms with Crippen LogP contribution in [-0.4, -0.2) is 27.5 Å². The summed E-state index contributed by atoms with van der Waals surface area (Å²) in [6.45, 7) is 6.06. The van der Waals surface area contributed by atoms with Crippen molar-refractivity contribution in [3.05, 3.63) is 56.7 Å². The van der Waals surface area contributed by atoms with Gasteiger partial charge in [-0.25, -0.2) is 9.36 Å². The van der Waals surface area contributed by atoms with Crippen molar-refractivity contribution in [1.82, 2.24) is 14.5 Å². The molecule has 112 valence electrons. The molecule has 21 heavy (non-hydrogen) atoms. The van der Waals surface area contributed by atoms with Crippen molar-refractivity contribution < 1.29 is 0 Å². The van der Waals surface area contributed by atoms with Crippen molar-refractivity contribution in [2.75, 3.05) is 18.8 Å². The summed E-state index contributed by atoms with van der Waals surface area (Å²) in [6, 6.07) is 9.04. The Labute approximate surface area is 122 Å². The van der Waals surface area contributed by atoms with Crippen LogP contribution < -0.4 is 17.0 Å². The van der Waals surface area contributed by atoms with E-state index in [0.717, 1.165) is 13.1 Å². The predicted molar refractivity (Wildman–Crippen MR) is 83.7 cm³/mol. The minimum atomic E-state index is -0.521. The van der Waals surface area contributed by atoms with Crippen LogP contribution in [0.4, 0.5) is 5.82 Å². The molecule has 0 saturated heterocycles. The third kappa shape index (κ3) is 3.05. The van der Waals surface area contributed by atoms with Gasteiger partial charge >= 0.3 is 5.69 Å². The van der Waals surface area contributed by atoms with Gasteiger partial charge in [-0.2, -0.15) is 0 Å². The monoisotopic (exact) mass is 288 g/mol. The predicted octanol–water partition coefficient (Wildman–Crippen LogP) is 0.950. The van der Waals surface area contributed by atoms with Crippen molar-refractivity contribution in [3.8, 4) is 5.69 Å². The van der Waals surface area contributed by atoms with E-state index in [9.17, 15) is 9.59 Å². The fraction of sp³-hybridized carbons (Fsp3) is 0.333. The van der Waals surface area contributed by atoms with E-state index in [1.165, 1.54) is 4.57 Å². The van der Waals surface area contributed by atoms with Gasteiger partial charge < -0.3 is 5.73 Å². The van der Waals surface area contributed by atoms with Gasteiger partial charge in [-0.3, -0.25) is 14.7 Å². The number of nitrogen functional groups attached to an aromatic ring is 1. The van der Waals surface area contributed by atoms with Gasteiger partial charge in [0.05, 0.1) is 11.3 Å². The van der Waals surface area contributed by atoms with Gasteiger partial charge in [0.25, 0.3) is 5.56 Å². The van der Waals surface area contributed by atoms with Gasteiger partial charge in [0.2, 0.25) is 0 Å². The van der Waals surface area contributed by atoms with Crippen LogP contribution in [0.15, 0.2) is 39.9 Å². The van der Waals surface area contributed by atoms with E-state index in [2.05, 4.69) is 9.88 Å². The number of hydrogen-bond donors (Lipinski definition) is 2. The van der Waals surface area contributed by atoms with Gasteiger partial charge in [-0.05, 0) is 25.2 Å². The molecule has 1 aromatic carbocycles. The Balaban J connectivity index is 2.58. The maximum absolute atomic E-state index is 12.1. The first-order valence-corrected chi connectivity index (χ1v) is 6.99. The fourth-order valence-corrected chi connectivity index (χ4v) is 2.25. The van der Waals surface area contributed by atoms with Gasteiger partial charge in [0.15, 0.2) is 0 Å². The maximum Gasteiger partial charge on any atom is 0.334 e. The van der Waals surface area contributed by atoms with E-state index >= 15 is 0 Å². The SMILES string of the molecule is CCN(CC)Cc1c(N)n(-c2ccccc2)c(=O)[nH]c1=O. The van der Waals surface area contributed by atoms with E-state index < -0.39 is 11.2 Å². The number of hydrogen-bond acceptors (Lipinski definition) is 4. The van der Waals surface area contributed by atoms with Crippen molar-refractivity contribution >= 4 is 5.82 Å². The van der Waals surface area contributed by atoms with E-state index in [1.54, 1.807) is 12.1 Å². The van der Waals surface area contributed by atoms with Gasteiger partial charge in [0, 0.05) is 6.54 Å². The van der Waals surface area contributed by atoms with E-state index in [1.807, 2.05) is 32.0 Å². The summed E-state index contributed by atoms with van der Waals surface area (Å²) in [4.78, 5) is 28.5. The summed E-state index contributed by atoms with van der Waals surface area (Å²) in [5.74, 6) is 0.196. The minimum Gasteiger partial charge on any atom is -0.384 e. The molecule has 0 saturated carbocycles. The van der Waals surface area contributed by atoms with Crippen LogP contribution in [0.25, 0.3) is 5.69 Å². The second-order valence-electron chi connectivity index (χ2n) is 4.76. The molecule has 0 amide bonds. The Bertz CT molecular complexity index is 715. The molecule has 3 N–H and O–H groups in total. The van der Waals surface area contributed by atoms with Crippen molar-refractivity contribution in [2.24, 2.45) is 0 Å². The average Bonchev–Trinajstić information content (AvgIpc) is 2.48. The van der Waals surface area contributed by atoms with Crippen molar-refractivity contribution in [3.63, 3.8) is 0 Å². The number of benzene rings is 1. The maximum atomic E-state index is 12.1. The summed E-state index contributed by atoms with van der Waals surface area (Å²) >= 11 is 0. The van der Waals surface area contributed by atoms with Crippen LogP contribution in [0.3, 0.4) is 0 Å². The number of nitrogens with one attached hydrogen (secondary N) is 1. The molecule has 6 heteroatoms. The van der Waals surface area contributed by atoms with Crippen LogP contribution in [0.2, 0.25) is 0 Å². The lowest BCUT2D eigenvalue weighted by Gasteiger charge is -2.19. The second-order valence-corrected chi connectivity index (χ2v) is 4.76. The summed E-state index contributed by atoms with van der Waals surface area (Å²) in [7, 11) is 0. The Morgan fingerprint density at radius 2 is 1.76 bits per heavy atom. The molecule has 0 bridgehead atoms. The van der Waals surface area contributed by atoms with Crippen LogP contribution in [0.5, 0.6) is 0 Å². The molecule has 0 unspecified atom stereocenters. The fourth-order valence-electron chi connectivity index (χ4n) is 2.25. The molecule has 0 aliphatic carbocycles. The number of aromatic amines is 1. The van der Waals surface area contributed by atoms with Crippen molar-refractivity contribution in [2.45, 2.75) is 20.4 Å². The summed E-state index contributed by atoms with van der Waals surface area (Å²) in [5.41, 5.74) is 6.20. The zero-order valence-electron chi connectivity index (χ0n) is 12.3. The van der Waals surface area contributed by atoms with Crippen molar-refractivity contribution in [1.29, 1.82) is 0 Å². The molecule has 1 aromatic heterocycles. The van der Waals surface area contributed by atoms with E-state index in [4.69, 9.17) is 5.73 Å². The first-order chi connectivity index (χ1) is 10.1. The molecule has 2 rings (SSSR count). The average molecular weight is 288 g/mol. The summed E-state index contributed by atoms with van der Waals surface area (Å²) in [5, 5.41) is 0. The third-order valence-corrected chi connectivity index (χ3v) is 3.54. The number of anilines is 1. The van der Waals surface area contributed by atoms with Gasteiger partial charge in [-0.1, -0.05) is 32.0 Å².